The predicted octanol–water partition coefficient (Wildman–Crippen LogP) is 1.10. The molecule has 0 aliphatic rings. The molecule has 0 aromatic carbocycles. The fourth-order valence-electron chi connectivity index (χ4n) is 1.40. The lowest BCUT2D eigenvalue weighted by molar-refractivity contribution is -0.122. The minimum atomic E-state index is -1.06. The standard InChI is InChI=1S/C12H17N3O3/c1-7(2)14-11(16)8(3)15-10-6-13-5-4-9(10)12(17)18/h4-8,15H,1-3H3,(H,14,16)(H,17,18). The quantitative estimate of drug-likeness (QED) is 0.729. The summed E-state index contributed by atoms with van der Waals surface area (Å²) in [5.41, 5.74) is 0.422. The number of rotatable bonds is 5. The Morgan fingerprint density at radius 1 is 1.33 bits per heavy atom. The van der Waals surface area contributed by atoms with Crippen LogP contribution in [0.1, 0.15) is 31.1 Å². The number of nitrogens with zero attached hydrogens (tertiary/aromatic N) is 1. The molecule has 0 bridgehead atoms. The zero-order valence-corrected chi connectivity index (χ0v) is 10.6. The molecule has 6 nitrogen and oxygen atoms in total. The van der Waals surface area contributed by atoms with Crippen LogP contribution in [-0.4, -0.2) is 34.1 Å². The molecule has 0 fully saturated rings. The molecule has 98 valence electrons. The maximum atomic E-state index is 11.7. The molecule has 0 spiro atoms. The Balaban J connectivity index is 2.78. The summed E-state index contributed by atoms with van der Waals surface area (Å²) >= 11 is 0. The van der Waals surface area contributed by atoms with Crippen molar-refractivity contribution < 1.29 is 14.7 Å². The van der Waals surface area contributed by atoms with Gasteiger partial charge in [0.05, 0.1) is 17.4 Å². The molecule has 1 atom stereocenters. The van der Waals surface area contributed by atoms with E-state index >= 15 is 0 Å². The second-order valence-corrected chi connectivity index (χ2v) is 4.26. The van der Waals surface area contributed by atoms with Crippen LogP contribution >= 0.6 is 0 Å². The monoisotopic (exact) mass is 251 g/mol. The van der Waals surface area contributed by atoms with Gasteiger partial charge in [-0.05, 0) is 26.8 Å². The number of pyridine rings is 1. The summed E-state index contributed by atoms with van der Waals surface area (Å²) in [6.07, 6.45) is 2.79. The van der Waals surface area contributed by atoms with Gasteiger partial charge in [0.25, 0.3) is 0 Å². The van der Waals surface area contributed by atoms with Gasteiger partial charge in [0.1, 0.15) is 6.04 Å². The van der Waals surface area contributed by atoms with E-state index in [9.17, 15) is 9.59 Å². The third-order valence-corrected chi connectivity index (χ3v) is 2.25. The summed E-state index contributed by atoms with van der Waals surface area (Å²) in [6, 6.07) is 0.891. The minimum absolute atomic E-state index is 0.0367. The first kappa shape index (κ1) is 14.0. The number of amides is 1. The Morgan fingerprint density at radius 3 is 2.56 bits per heavy atom. The van der Waals surface area contributed by atoms with Crippen molar-refractivity contribution >= 4 is 17.6 Å². The van der Waals surface area contributed by atoms with Crippen LogP contribution < -0.4 is 10.6 Å². The van der Waals surface area contributed by atoms with Crippen molar-refractivity contribution in [2.24, 2.45) is 0 Å². The number of hydrogen-bond donors (Lipinski definition) is 3. The van der Waals surface area contributed by atoms with Crippen LogP contribution in [0.25, 0.3) is 0 Å². The molecule has 1 aromatic rings. The van der Waals surface area contributed by atoms with Crippen molar-refractivity contribution in [2.75, 3.05) is 5.32 Å². The van der Waals surface area contributed by atoms with Gasteiger partial charge in [-0.2, -0.15) is 0 Å². The average Bonchev–Trinajstić information content (AvgIpc) is 2.28. The van der Waals surface area contributed by atoms with Gasteiger partial charge in [-0.3, -0.25) is 9.78 Å². The fourth-order valence-corrected chi connectivity index (χ4v) is 1.40. The van der Waals surface area contributed by atoms with Crippen LogP contribution in [0.5, 0.6) is 0 Å². The molecule has 1 rings (SSSR count). The minimum Gasteiger partial charge on any atom is -0.478 e. The predicted molar refractivity (Wildman–Crippen MR) is 67.6 cm³/mol. The van der Waals surface area contributed by atoms with E-state index in [0.29, 0.717) is 5.69 Å². The molecule has 1 aromatic heterocycles. The van der Waals surface area contributed by atoms with E-state index in [2.05, 4.69) is 15.6 Å². The van der Waals surface area contributed by atoms with Crippen LogP contribution in [0.2, 0.25) is 0 Å². The van der Waals surface area contributed by atoms with Crippen LogP contribution in [0, 0.1) is 0 Å². The van der Waals surface area contributed by atoms with Gasteiger partial charge in [0, 0.05) is 12.2 Å². The number of anilines is 1. The lowest BCUT2D eigenvalue weighted by Gasteiger charge is -2.17. The second kappa shape index (κ2) is 6.00. The van der Waals surface area contributed by atoms with E-state index < -0.39 is 12.0 Å². The summed E-state index contributed by atoms with van der Waals surface area (Å²) in [6.45, 7) is 5.38. The molecule has 0 radical (unpaired) electrons. The first-order valence-corrected chi connectivity index (χ1v) is 5.66. The van der Waals surface area contributed by atoms with Gasteiger partial charge in [0.15, 0.2) is 0 Å². The topological polar surface area (TPSA) is 91.3 Å². The van der Waals surface area contributed by atoms with E-state index in [1.165, 1.54) is 18.5 Å². The number of carboxylic acid groups (broad SMARTS) is 1. The molecule has 0 saturated heterocycles. The van der Waals surface area contributed by atoms with Crippen LogP contribution in [0.15, 0.2) is 18.5 Å². The molecular weight excluding hydrogens is 234 g/mol. The highest BCUT2D eigenvalue weighted by atomic mass is 16.4. The highest BCUT2D eigenvalue weighted by Gasteiger charge is 2.17. The van der Waals surface area contributed by atoms with Gasteiger partial charge < -0.3 is 15.7 Å². The highest BCUT2D eigenvalue weighted by molar-refractivity contribution is 5.95. The lowest BCUT2D eigenvalue weighted by atomic mass is 10.2. The second-order valence-electron chi connectivity index (χ2n) is 4.26. The molecule has 0 aliphatic heterocycles. The van der Waals surface area contributed by atoms with Crippen molar-refractivity contribution in [2.45, 2.75) is 32.9 Å². The number of aromatic nitrogens is 1. The summed E-state index contributed by atoms with van der Waals surface area (Å²) in [4.78, 5) is 26.5. The number of hydrogen-bond acceptors (Lipinski definition) is 4. The molecule has 18 heavy (non-hydrogen) atoms. The van der Waals surface area contributed by atoms with Crippen molar-refractivity contribution in [3.63, 3.8) is 0 Å². The molecular formula is C12H17N3O3. The first-order chi connectivity index (χ1) is 8.41. The molecule has 1 heterocycles. The van der Waals surface area contributed by atoms with E-state index in [4.69, 9.17) is 5.11 Å². The molecule has 0 saturated carbocycles. The van der Waals surface area contributed by atoms with E-state index in [0.717, 1.165) is 0 Å². The SMILES string of the molecule is CC(C)NC(=O)C(C)Nc1cnccc1C(=O)O. The summed E-state index contributed by atoms with van der Waals surface area (Å²) in [5, 5.41) is 14.6. The lowest BCUT2D eigenvalue weighted by Crippen LogP contribution is -2.41. The van der Waals surface area contributed by atoms with Crippen LogP contribution in [0.3, 0.4) is 0 Å². The summed E-state index contributed by atoms with van der Waals surface area (Å²) in [5.74, 6) is -1.25. The summed E-state index contributed by atoms with van der Waals surface area (Å²) < 4.78 is 0. The van der Waals surface area contributed by atoms with Crippen molar-refractivity contribution in [1.29, 1.82) is 0 Å². The maximum Gasteiger partial charge on any atom is 0.337 e. The zero-order chi connectivity index (χ0) is 13.7. The number of carbonyl (C=O) groups excluding carboxylic acids is 1. The largest absolute Gasteiger partial charge is 0.478 e. The zero-order valence-electron chi connectivity index (χ0n) is 10.6. The average molecular weight is 251 g/mol. The van der Waals surface area contributed by atoms with E-state index in [-0.39, 0.29) is 17.5 Å². The molecule has 3 N–H and O–H groups in total. The van der Waals surface area contributed by atoms with Crippen LogP contribution in [0.4, 0.5) is 5.69 Å². The van der Waals surface area contributed by atoms with Crippen molar-refractivity contribution in [3.05, 3.63) is 24.0 Å². The van der Waals surface area contributed by atoms with Crippen molar-refractivity contribution in [1.82, 2.24) is 10.3 Å². The highest BCUT2D eigenvalue weighted by Crippen LogP contribution is 2.14. The van der Waals surface area contributed by atoms with Crippen LogP contribution in [-0.2, 0) is 4.79 Å². The van der Waals surface area contributed by atoms with Crippen molar-refractivity contribution in [3.8, 4) is 0 Å². The third-order valence-electron chi connectivity index (χ3n) is 2.25. The van der Waals surface area contributed by atoms with Gasteiger partial charge in [-0.15, -0.1) is 0 Å². The van der Waals surface area contributed by atoms with Gasteiger partial charge in [-0.1, -0.05) is 0 Å². The normalized spacial score (nSPS) is 12.0. The smallest absolute Gasteiger partial charge is 0.337 e. The van der Waals surface area contributed by atoms with Gasteiger partial charge >= 0.3 is 5.97 Å². The summed E-state index contributed by atoms with van der Waals surface area (Å²) in [7, 11) is 0. The molecule has 1 amide bonds. The Bertz CT molecular complexity index is 446. The Kier molecular flexibility index (Phi) is 4.65. The van der Waals surface area contributed by atoms with E-state index in [1.54, 1.807) is 6.92 Å². The molecule has 6 heteroatoms. The van der Waals surface area contributed by atoms with Gasteiger partial charge in [-0.25, -0.2) is 4.79 Å². The molecule has 0 aliphatic carbocycles. The molecule has 1 unspecified atom stereocenters. The van der Waals surface area contributed by atoms with E-state index in [1.807, 2.05) is 13.8 Å². The number of aromatic carboxylic acids is 1. The van der Waals surface area contributed by atoms with Gasteiger partial charge in [0.2, 0.25) is 5.91 Å². The third kappa shape index (κ3) is 3.73. The Hall–Kier alpha value is -2.11. The number of nitrogens with one attached hydrogen (secondary N) is 2. The maximum absolute atomic E-state index is 11.7. The first-order valence-electron chi connectivity index (χ1n) is 5.66. The fraction of sp³-hybridized carbons (Fsp3) is 0.417. The Morgan fingerprint density at radius 2 is 2.00 bits per heavy atom. The number of carboxylic acids is 1. The number of carbonyl (C=O) groups is 2. The Labute approximate surface area is 105 Å².